The van der Waals surface area contributed by atoms with Crippen molar-refractivity contribution >= 4 is 16.6 Å². The molecule has 3 heteroatoms. The first-order valence-electron chi connectivity index (χ1n) is 5.16. The van der Waals surface area contributed by atoms with Crippen LogP contribution in [0.15, 0.2) is 30.3 Å². The fraction of sp³-hybridized carbons (Fsp3) is 0.250. The summed E-state index contributed by atoms with van der Waals surface area (Å²) in [5.74, 6) is 0. The molecule has 0 saturated carbocycles. The van der Waals surface area contributed by atoms with Gasteiger partial charge in [0.2, 0.25) is 0 Å². The highest BCUT2D eigenvalue weighted by molar-refractivity contribution is 5.91. The molecule has 0 aliphatic carbocycles. The number of fused-ring (bicyclic) bond motifs is 1. The van der Waals surface area contributed by atoms with E-state index in [1.54, 1.807) is 0 Å². The third-order valence-electron chi connectivity index (χ3n) is 2.94. The smallest absolute Gasteiger partial charge is 0.175 e. The summed E-state index contributed by atoms with van der Waals surface area (Å²) in [5, 5.41) is 11.1. The molecule has 76 valence electrons. The van der Waals surface area contributed by atoms with Gasteiger partial charge >= 0.3 is 0 Å². The van der Waals surface area contributed by atoms with Crippen LogP contribution in [0, 0.1) is 6.92 Å². The van der Waals surface area contributed by atoms with Crippen molar-refractivity contribution in [1.82, 2.24) is 9.63 Å². The highest BCUT2D eigenvalue weighted by Crippen LogP contribution is 2.35. The van der Waals surface area contributed by atoms with Gasteiger partial charge in [-0.3, -0.25) is 4.98 Å². The number of rotatable bonds is 1. The molecule has 0 atom stereocenters. The molecule has 2 heterocycles. The van der Waals surface area contributed by atoms with Crippen molar-refractivity contribution in [3.8, 4) is 0 Å². The lowest BCUT2D eigenvalue weighted by Gasteiger charge is -2.10. The van der Waals surface area contributed by atoms with Crippen LogP contribution in [0.5, 0.6) is 0 Å². The summed E-state index contributed by atoms with van der Waals surface area (Å²) in [6.45, 7) is 3.60. The number of aryl methyl sites for hydroxylation is 1. The zero-order chi connectivity index (χ0) is 10.5. The van der Waals surface area contributed by atoms with Crippen LogP contribution in [0.1, 0.15) is 5.69 Å². The normalized spacial score (nSPS) is 18.0. The SMILES string of the molecule is Cc1ccc2c([N+]3(O)CC3)cccc2n1. The van der Waals surface area contributed by atoms with E-state index in [1.807, 2.05) is 37.3 Å². The Bertz CT molecular complexity index is 532. The molecule has 0 radical (unpaired) electrons. The van der Waals surface area contributed by atoms with E-state index in [-0.39, 0.29) is 4.65 Å². The second-order valence-corrected chi connectivity index (χ2v) is 4.17. The molecule has 3 nitrogen and oxygen atoms in total. The molecular formula is C12H13N2O+. The Labute approximate surface area is 88.1 Å². The summed E-state index contributed by atoms with van der Waals surface area (Å²) in [5.41, 5.74) is 2.95. The van der Waals surface area contributed by atoms with Gasteiger partial charge in [-0.1, -0.05) is 6.07 Å². The first kappa shape index (κ1) is 8.83. The number of hydrogen-bond acceptors (Lipinski definition) is 2. The number of hydrogen-bond donors (Lipinski definition) is 1. The number of nitrogens with zero attached hydrogens (tertiary/aromatic N) is 2. The van der Waals surface area contributed by atoms with Crippen LogP contribution in [0.4, 0.5) is 5.69 Å². The minimum absolute atomic E-state index is 0.0715. The Morgan fingerprint density at radius 1 is 1.20 bits per heavy atom. The second-order valence-electron chi connectivity index (χ2n) is 4.17. The highest BCUT2D eigenvalue weighted by Gasteiger charge is 2.45. The van der Waals surface area contributed by atoms with Gasteiger partial charge < -0.3 is 0 Å². The quantitative estimate of drug-likeness (QED) is 0.567. The number of pyridine rings is 1. The number of quaternary nitrogens is 1. The Hall–Kier alpha value is -1.45. The second kappa shape index (κ2) is 2.78. The Morgan fingerprint density at radius 3 is 2.73 bits per heavy atom. The van der Waals surface area contributed by atoms with Gasteiger partial charge in [0.15, 0.2) is 18.8 Å². The third-order valence-corrected chi connectivity index (χ3v) is 2.94. The lowest BCUT2D eigenvalue weighted by Crippen LogP contribution is -2.19. The van der Waals surface area contributed by atoms with Gasteiger partial charge in [0.1, 0.15) is 0 Å². The van der Waals surface area contributed by atoms with E-state index >= 15 is 0 Å². The largest absolute Gasteiger partial charge is 0.253 e. The van der Waals surface area contributed by atoms with Crippen molar-refractivity contribution in [2.24, 2.45) is 0 Å². The molecule has 0 bridgehead atoms. The molecule has 1 N–H and O–H groups in total. The van der Waals surface area contributed by atoms with Crippen molar-refractivity contribution in [2.45, 2.75) is 6.92 Å². The monoisotopic (exact) mass is 201 g/mol. The Morgan fingerprint density at radius 2 is 2.00 bits per heavy atom. The molecule has 0 unspecified atom stereocenters. The molecule has 1 aromatic heterocycles. The zero-order valence-electron chi connectivity index (χ0n) is 8.64. The summed E-state index contributed by atoms with van der Waals surface area (Å²) in [6, 6.07) is 9.95. The minimum atomic E-state index is 0.0715. The summed E-state index contributed by atoms with van der Waals surface area (Å²) < 4.78 is 0.0715. The Balaban J connectivity index is 2.31. The molecule has 1 aromatic carbocycles. The van der Waals surface area contributed by atoms with Crippen molar-refractivity contribution in [3.05, 3.63) is 36.0 Å². The molecule has 0 amide bonds. The number of hydroxylamine groups is 2. The fourth-order valence-corrected chi connectivity index (χ4v) is 1.94. The topological polar surface area (TPSA) is 33.1 Å². The minimum Gasteiger partial charge on any atom is -0.253 e. The zero-order valence-corrected chi connectivity index (χ0v) is 8.64. The van der Waals surface area contributed by atoms with Crippen LogP contribution in [-0.4, -0.2) is 23.3 Å². The number of benzene rings is 1. The van der Waals surface area contributed by atoms with E-state index in [4.69, 9.17) is 0 Å². The van der Waals surface area contributed by atoms with Crippen molar-refractivity contribution in [1.29, 1.82) is 0 Å². The van der Waals surface area contributed by atoms with Crippen LogP contribution >= 0.6 is 0 Å². The molecule has 1 aliphatic rings. The van der Waals surface area contributed by atoms with Crippen LogP contribution in [0.2, 0.25) is 0 Å². The predicted molar refractivity (Wildman–Crippen MR) is 59.8 cm³/mol. The first-order chi connectivity index (χ1) is 7.19. The lowest BCUT2D eigenvalue weighted by molar-refractivity contribution is 0.0424. The molecule has 1 saturated heterocycles. The number of aromatic nitrogens is 1. The van der Waals surface area contributed by atoms with E-state index in [0.29, 0.717) is 0 Å². The molecule has 0 spiro atoms. The van der Waals surface area contributed by atoms with Crippen LogP contribution in [0.3, 0.4) is 0 Å². The maximum absolute atomic E-state index is 10.1. The standard InChI is InChI=1S/C12H13N2O/c1-9-5-6-10-11(13-9)3-2-4-12(10)14(15)7-8-14/h2-6,15H,7-8H2,1H3/q+1. The van der Waals surface area contributed by atoms with Crippen molar-refractivity contribution in [3.63, 3.8) is 0 Å². The lowest BCUT2D eigenvalue weighted by atomic mass is 10.1. The maximum atomic E-state index is 10.1. The maximum Gasteiger partial charge on any atom is 0.175 e. The molecule has 3 rings (SSSR count). The predicted octanol–water partition coefficient (Wildman–Crippen LogP) is 2.25. The van der Waals surface area contributed by atoms with Gasteiger partial charge in [-0.2, -0.15) is 0 Å². The van der Waals surface area contributed by atoms with E-state index in [9.17, 15) is 5.21 Å². The van der Waals surface area contributed by atoms with Crippen LogP contribution < -0.4 is 4.65 Å². The molecule has 1 aliphatic heterocycles. The van der Waals surface area contributed by atoms with Gasteiger partial charge in [0, 0.05) is 11.8 Å². The van der Waals surface area contributed by atoms with E-state index < -0.39 is 0 Å². The van der Waals surface area contributed by atoms with Gasteiger partial charge in [-0.25, -0.2) is 5.21 Å². The molecule has 1 fully saturated rings. The van der Waals surface area contributed by atoms with E-state index in [0.717, 1.165) is 35.4 Å². The van der Waals surface area contributed by atoms with Gasteiger partial charge in [-0.15, -0.1) is 4.65 Å². The van der Waals surface area contributed by atoms with Crippen molar-refractivity contribution in [2.75, 3.05) is 13.1 Å². The average molecular weight is 201 g/mol. The van der Waals surface area contributed by atoms with Crippen LogP contribution in [0.25, 0.3) is 10.9 Å². The summed E-state index contributed by atoms with van der Waals surface area (Å²) >= 11 is 0. The van der Waals surface area contributed by atoms with Crippen molar-refractivity contribution < 1.29 is 5.21 Å². The average Bonchev–Trinajstić information content (AvgIpc) is 2.96. The van der Waals surface area contributed by atoms with Crippen LogP contribution in [-0.2, 0) is 0 Å². The Kier molecular flexibility index (Phi) is 1.63. The third kappa shape index (κ3) is 1.32. The van der Waals surface area contributed by atoms with Gasteiger partial charge in [0.05, 0.1) is 10.9 Å². The summed E-state index contributed by atoms with van der Waals surface area (Å²) in [4.78, 5) is 4.46. The van der Waals surface area contributed by atoms with E-state index in [1.165, 1.54) is 0 Å². The molecular weight excluding hydrogens is 188 g/mol. The molecule has 15 heavy (non-hydrogen) atoms. The van der Waals surface area contributed by atoms with E-state index in [2.05, 4.69) is 4.98 Å². The summed E-state index contributed by atoms with van der Waals surface area (Å²) in [6.07, 6.45) is 0. The first-order valence-corrected chi connectivity index (χ1v) is 5.16. The van der Waals surface area contributed by atoms with Gasteiger partial charge in [0.25, 0.3) is 0 Å². The fourth-order valence-electron chi connectivity index (χ4n) is 1.94. The van der Waals surface area contributed by atoms with Gasteiger partial charge in [-0.05, 0) is 25.1 Å². The highest BCUT2D eigenvalue weighted by atomic mass is 16.6. The molecule has 2 aromatic rings. The summed E-state index contributed by atoms with van der Waals surface area (Å²) in [7, 11) is 0.